The summed E-state index contributed by atoms with van der Waals surface area (Å²) in [5.74, 6) is 0.817. The van der Waals surface area contributed by atoms with Gasteiger partial charge < -0.3 is 14.8 Å². The number of hydrogen-bond donors (Lipinski definition) is 1. The van der Waals surface area contributed by atoms with E-state index >= 15 is 0 Å². The highest BCUT2D eigenvalue weighted by Gasteiger charge is 2.37. The molecule has 6 nitrogen and oxygen atoms in total. The summed E-state index contributed by atoms with van der Waals surface area (Å²) >= 11 is 0. The topological polar surface area (TPSA) is 77.0 Å². The Balaban J connectivity index is 1.49. The minimum atomic E-state index is -0.327. The maximum atomic E-state index is 13.6. The first-order valence-electron chi connectivity index (χ1n) is 11.0. The second kappa shape index (κ2) is 7.85. The molecule has 0 radical (unpaired) electrons. The van der Waals surface area contributed by atoms with Crippen molar-refractivity contribution < 1.29 is 19.1 Å². The molecule has 2 aliphatic carbocycles. The Morgan fingerprint density at radius 2 is 1.71 bits per heavy atom. The van der Waals surface area contributed by atoms with Crippen molar-refractivity contribution >= 4 is 28.7 Å². The number of benzene rings is 3. The maximum absolute atomic E-state index is 13.6. The van der Waals surface area contributed by atoms with Gasteiger partial charge in [-0.1, -0.05) is 48.6 Å². The normalized spacial score (nSPS) is 17.1. The van der Waals surface area contributed by atoms with Crippen LogP contribution in [-0.4, -0.2) is 30.5 Å². The number of allylic oxidation sites excluding steroid dienone is 2. The Bertz CT molecular complexity index is 1450. The number of aliphatic imine (C=N–C) groups is 1. The summed E-state index contributed by atoms with van der Waals surface area (Å²) in [7, 11) is 1.62. The van der Waals surface area contributed by atoms with Crippen molar-refractivity contribution in [1.29, 1.82) is 0 Å². The number of ketones is 2. The third-order valence-electron chi connectivity index (χ3n) is 6.23. The van der Waals surface area contributed by atoms with E-state index in [-0.39, 0.29) is 23.2 Å². The van der Waals surface area contributed by atoms with E-state index < -0.39 is 0 Å². The van der Waals surface area contributed by atoms with Crippen LogP contribution in [-0.2, 0) is 6.54 Å². The summed E-state index contributed by atoms with van der Waals surface area (Å²) in [4.78, 5) is 32.0. The smallest absolute Gasteiger partial charge is 0.196 e. The van der Waals surface area contributed by atoms with Crippen LogP contribution in [0.15, 0.2) is 83.9 Å². The van der Waals surface area contributed by atoms with Crippen LogP contribution in [0.3, 0.4) is 0 Å². The van der Waals surface area contributed by atoms with Crippen molar-refractivity contribution in [2.75, 3.05) is 12.4 Å². The highest BCUT2D eigenvalue weighted by Crippen LogP contribution is 2.46. The van der Waals surface area contributed by atoms with Crippen molar-refractivity contribution in [1.82, 2.24) is 0 Å². The molecule has 1 N–H and O–H groups in total. The van der Waals surface area contributed by atoms with Gasteiger partial charge in [0.2, 0.25) is 0 Å². The van der Waals surface area contributed by atoms with Crippen LogP contribution in [0.4, 0.5) is 11.4 Å². The lowest BCUT2D eigenvalue weighted by Crippen LogP contribution is -2.30. The van der Waals surface area contributed by atoms with Gasteiger partial charge in [-0.3, -0.25) is 9.59 Å². The summed E-state index contributed by atoms with van der Waals surface area (Å²) < 4.78 is 11.4. The first-order valence-corrected chi connectivity index (χ1v) is 11.0. The van der Waals surface area contributed by atoms with Gasteiger partial charge in [0.25, 0.3) is 0 Å². The second-order valence-corrected chi connectivity index (χ2v) is 8.25. The largest absolute Gasteiger partial charge is 0.497 e. The molecule has 34 heavy (non-hydrogen) atoms. The first kappa shape index (κ1) is 20.2. The van der Waals surface area contributed by atoms with Gasteiger partial charge >= 0.3 is 0 Å². The molecule has 0 bridgehead atoms. The lowest BCUT2D eigenvalue weighted by Gasteiger charge is -2.29. The number of hydrogen-bond acceptors (Lipinski definition) is 6. The minimum Gasteiger partial charge on any atom is -0.497 e. The molecule has 0 saturated heterocycles. The molecule has 0 spiro atoms. The van der Waals surface area contributed by atoms with Gasteiger partial charge in [-0.2, -0.15) is 0 Å². The van der Waals surface area contributed by atoms with Crippen LogP contribution >= 0.6 is 0 Å². The summed E-state index contributed by atoms with van der Waals surface area (Å²) in [6.45, 7) is 0.457. The first-order chi connectivity index (χ1) is 16.6. The van der Waals surface area contributed by atoms with Gasteiger partial charge in [0.05, 0.1) is 29.6 Å². The molecule has 0 amide bonds. The zero-order valence-corrected chi connectivity index (χ0v) is 18.4. The van der Waals surface area contributed by atoms with E-state index in [2.05, 4.69) is 5.32 Å². The highest BCUT2D eigenvalue weighted by atomic mass is 16.5. The number of nitrogens with zero attached hydrogens (tertiary/aromatic N) is 1. The molecule has 0 aromatic heterocycles. The molecule has 6 rings (SSSR count). The maximum Gasteiger partial charge on any atom is 0.196 e. The SMILES string of the molecule is COc1ccc(CNc2cc3c(c4c2C(=O)c2ccccc2C4=O)N=C2C=CC=CC2O3)cc1. The van der Waals surface area contributed by atoms with E-state index in [4.69, 9.17) is 14.5 Å². The predicted octanol–water partition coefficient (Wildman–Crippen LogP) is 5.04. The van der Waals surface area contributed by atoms with E-state index in [1.54, 1.807) is 37.4 Å². The van der Waals surface area contributed by atoms with Crippen molar-refractivity contribution in [3.63, 3.8) is 0 Å². The summed E-state index contributed by atoms with van der Waals surface area (Å²) in [6, 6.07) is 16.4. The molecule has 1 aliphatic heterocycles. The van der Waals surface area contributed by atoms with Gasteiger partial charge in [0.1, 0.15) is 17.2 Å². The number of ether oxygens (including phenoxy) is 2. The van der Waals surface area contributed by atoms with Gasteiger partial charge in [0.15, 0.2) is 17.7 Å². The van der Waals surface area contributed by atoms with Crippen molar-refractivity contribution in [2.45, 2.75) is 12.6 Å². The number of anilines is 1. The van der Waals surface area contributed by atoms with Crippen LogP contribution in [0, 0.1) is 0 Å². The quantitative estimate of drug-likeness (QED) is 0.473. The molecule has 0 fully saturated rings. The Kier molecular flexibility index (Phi) is 4.66. The number of fused-ring (bicyclic) bond motifs is 5. The Morgan fingerprint density at radius 3 is 2.44 bits per heavy atom. The third kappa shape index (κ3) is 3.15. The second-order valence-electron chi connectivity index (χ2n) is 8.25. The van der Waals surface area contributed by atoms with E-state index in [0.29, 0.717) is 46.1 Å². The standard InChI is InChI=1S/C28H20N2O4/c1-33-17-12-10-16(11-13-17)15-29-21-14-23-26(30-20-8-4-5-9-22(20)34-23)25-24(21)27(31)18-6-2-3-7-19(18)28(25)32/h2-14,22,29H,15H2,1H3. The number of carbonyl (C=O) groups excluding carboxylic acids is 2. The molecular weight excluding hydrogens is 428 g/mol. The van der Waals surface area contributed by atoms with Crippen molar-refractivity contribution in [3.05, 3.63) is 107 Å². The van der Waals surface area contributed by atoms with E-state index in [1.165, 1.54) is 0 Å². The number of rotatable bonds is 4. The van der Waals surface area contributed by atoms with E-state index in [9.17, 15) is 9.59 Å². The van der Waals surface area contributed by atoms with Crippen molar-refractivity contribution in [2.24, 2.45) is 4.99 Å². The predicted molar refractivity (Wildman–Crippen MR) is 130 cm³/mol. The van der Waals surface area contributed by atoms with Crippen LogP contribution < -0.4 is 14.8 Å². The number of nitrogens with one attached hydrogen (secondary N) is 1. The van der Waals surface area contributed by atoms with E-state index in [1.807, 2.05) is 48.6 Å². The third-order valence-corrected chi connectivity index (χ3v) is 6.23. The van der Waals surface area contributed by atoms with Crippen LogP contribution in [0.25, 0.3) is 0 Å². The number of methoxy groups -OCH3 is 1. The average Bonchev–Trinajstić information content (AvgIpc) is 2.89. The van der Waals surface area contributed by atoms with Gasteiger partial charge in [0, 0.05) is 23.7 Å². The van der Waals surface area contributed by atoms with E-state index in [0.717, 1.165) is 11.3 Å². The van der Waals surface area contributed by atoms with Crippen LogP contribution in [0.1, 0.15) is 37.4 Å². The molecule has 1 heterocycles. The zero-order chi connectivity index (χ0) is 23.2. The van der Waals surface area contributed by atoms with Gasteiger partial charge in [-0.25, -0.2) is 4.99 Å². The molecule has 3 aromatic carbocycles. The lowest BCUT2D eigenvalue weighted by atomic mass is 9.81. The molecule has 0 saturated carbocycles. The Labute approximate surface area is 196 Å². The minimum absolute atomic E-state index is 0.202. The van der Waals surface area contributed by atoms with Crippen LogP contribution in [0.5, 0.6) is 11.5 Å². The molecule has 1 unspecified atom stereocenters. The number of carbonyl (C=O) groups is 2. The Morgan fingerprint density at radius 1 is 0.971 bits per heavy atom. The zero-order valence-electron chi connectivity index (χ0n) is 18.4. The highest BCUT2D eigenvalue weighted by molar-refractivity contribution is 6.32. The summed E-state index contributed by atoms with van der Waals surface area (Å²) in [5.41, 5.74) is 4.06. The fourth-order valence-corrected chi connectivity index (χ4v) is 4.51. The summed E-state index contributed by atoms with van der Waals surface area (Å²) in [5, 5.41) is 3.36. The fraction of sp³-hybridized carbons (Fsp3) is 0.107. The van der Waals surface area contributed by atoms with Crippen molar-refractivity contribution in [3.8, 4) is 11.5 Å². The fourth-order valence-electron chi connectivity index (χ4n) is 4.51. The molecule has 3 aromatic rings. The monoisotopic (exact) mass is 448 g/mol. The summed E-state index contributed by atoms with van der Waals surface area (Å²) in [6.07, 6.45) is 7.23. The van der Waals surface area contributed by atoms with Crippen LogP contribution in [0.2, 0.25) is 0 Å². The average molecular weight is 448 g/mol. The molecule has 3 aliphatic rings. The van der Waals surface area contributed by atoms with Gasteiger partial charge in [-0.05, 0) is 29.8 Å². The van der Waals surface area contributed by atoms with Gasteiger partial charge in [-0.15, -0.1) is 0 Å². The lowest BCUT2D eigenvalue weighted by molar-refractivity contribution is 0.0979. The Hall–Kier alpha value is -4.45. The molecular formula is C28H20N2O4. The molecule has 6 heteroatoms. The molecule has 1 atom stereocenters. The molecule has 166 valence electrons.